The number of ether oxygens (including phenoxy) is 1. The molecule has 1 atom stereocenters. The van der Waals surface area contributed by atoms with E-state index in [1.165, 1.54) is 0 Å². The van der Waals surface area contributed by atoms with Crippen molar-refractivity contribution >= 4 is 16.0 Å². The summed E-state index contributed by atoms with van der Waals surface area (Å²) >= 11 is 0. The van der Waals surface area contributed by atoms with Crippen LogP contribution in [0.15, 0.2) is 65.7 Å². The van der Waals surface area contributed by atoms with Crippen LogP contribution in [0.25, 0.3) is 11.1 Å². The number of carboxylic acid groups (broad SMARTS) is 1. The van der Waals surface area contributed by atoms with Crippen LogP contribution in [0.1, 0.15) is 35.7 Å². The van der Waals surface area contributed by atoms with Crippen LogP contribution in [0.5, 0.6) is 5.75 Å². The molecular weight excluding hydrogens is 428 g/mol. The van der Waals surface area contributed by atoms with E-state index in [1.807, 2.05) is 25.1 Å². The second-order valence-electron chi connectivity index (χ2n) is 7.73. The first-order chi connectivity index (χ1) is 15.3. The van der Waals surface area contributed by atoms with E-state index in [2.05, 4.69) is 9.71 Å². The van der Waals surface area contributed by atoms with Gasteiger partial charge in [0.05, 0.1) is 4.90 Å². The van der Waals surface area contributed by atoms with Gasteiger partial charge in [0.1, 0.15) is 5.75 Å². The normalized spacial score (nSPS) is 15.7. The number of carboxylic acids is 1. The van der Waals surface area contributed by atoms with Gasteiger partial charge in [-0.3, -0.25) is 4.98 Å². The first-order valence-electron chi connectivity index (χ1n) is 10.4. The van der Waals surface area contributed by atoms with Crippen LogP contribution in [-0.4, -0.2) is 31.1 Å². The zero-order chi connectivity index (χ0) is 22.7. The van der Waals surface area contributed by atoms with Gasteiger partial charge < -0.3 is 9.84 Å². The number of carbonyl (C=O) groups is 1. The van der Waals surface area contributed by atoms with E-state index < -0.39 is 28.6 Å². The molecule has 2 N–H and O–H groups in total. The molecule has 1 unspecified atom stereocenters. The number of aromatic nitrogens is 1. The molecule has 2 aromatic carbocycles. The number of fused-ring (bicyclic) bond motifs is 1. The number of aryl methyl sites for hydroxylation is 1. The van der Waals surface area contributed by atoms with E-state index in [-0.39, 0.29) is 4.90 Å². The summed E-state index contributed by atoms with van der Waals surface area (Å²) in [5, 5.41) is 8.90. The minimum Gasteiger partial charge on any atom is -0.482 e. The van der Waals surface area contributed by atoms with Crippen LogP contribution in [0, 0.1) is 6.92 Å². The molecule has 7 nitrogen and oxygen atoms in total. The Hall–Kier alpha value is -3.23. The summed E-state index contributed by atoms with van der Waals surface area (Å²) in [5.41, 5.74) is 4.42. The SMILES string of the molecule is Cc1ncccc1-c1ccc(S(=O)(=O)NC2CCCc3c(OCC(=O)O)cccc32)cc1. The zero-order valence-electron chi connectivity index (χ0n) is 17.6. The van der Waals surface area contributed by atoms with Crippen LogP contribution in [-0.2, 0) is 21.2 Å². The molecule has 4 rings (SSSR count). The third kappa shape index (κ3) is 4.66. The van der Waals surface area contributed by atoms with Crippen molar-refractivity contribution in [2.24, 2.45) is 0 Å². The lowest BCUT2D eigenvalue weighted by Crippen LogP contribution is -2.31. The van der Waals surface area contributed by atoms with Crippen LogP contribution in [0.3, 0.4) is 0 Å². The zero-order valence-corrected chi connectivity index (χ0v) is 18.4. The van der Waals surface area contributed by atoms with E-state index in [0.717, 1.165) is 34.4 Å². The third-order valence-corrected chi connectivity index (χ3v) is 7.08. The molecule has 8 heteroatoms. The summed E-state index contributed by atoms with van der Waals surface area (Å²) in [6.07, 6.45) is 3.86. The number of rotatable bonds is 7. The molecule has 0 saturated heterocycles. The lowest BCUT2D eigenvalue weighted by Gasteiger charge is -2.27. The van der Waals surface area contributed by atoms with E-state index in [4.69, 9.17) is 9.84 Å². The first-order valence-corrected chi connectivity index (χ1v) is 11.8. The molecule has 1 heterocycles. The molecule has 0 radical (unpaired) electrons. The monoisotopic (exact) mass is 452 g/mol. The van der Waals surface area contributed by atoms with Crippen molar-refractivity contribution in [2.45, 2.75) is 37.1 Å². The van der Waals surface area contributed by atoms with Crippen LogP contribution in [0.4, 0.5) is 0 Å². The summed E-state index contributed by atoms with van der Waals surface area (Å²) in [4.78, 5) is 15.3. The topological polar surface area (TPSA) is 106 Å². The molecule has 0 saturated carbocycles. The summed E-state index contributed by atoms with van der Waals surface area (Å²) in [7, 11) is -3.75. The van der Waals surface area contributed by atoms with E-state index in [1.54, 1.807) is 42.6 Å². The van der Waals surface area contributed by atoms with E-state index in [0.29, 0.717) is 18.6 Å². The smallest absolute Gasteiger partial charge is 0.341 e. The Labute approximate surface area is 187 Å². The largest absolute Gasteiger partial charge is 0.482 e. The number of aliphatic carboxylic acids is 1. The summed E-state index contributed by atoms with van der Waals surface area (Å²) in [6.45, 7) is 1.48. The summed E-state index contributed by atoms with van der Waals surface area (Å²) < 4.78 is 34.4. The number of hydrogen-bond donors (Lipinski definition) is 2. The van der Waals surface area contributed by atoms with Gasteiger partial charge in [-0.1, -0.05) is 30.3 Å². The Morgan fingerprint density at radius 3 is 2.66 bits per heavy atom. The number of nitrogens with zero attached hydrogens (tertiary/aromatic N) is 1. The molecule has 0 amide bonds. The molecule has 0 bridgehead atoms. The van der Waals surface area contributed by atoms with Crippen LogP contribution in [0.2, 0.25) is 0 Å². The second kappa shape index (κ2) is 9.10. The fourth-order valence-electron chi connectivity index (χ4n) is 4.07. The second-order valence-corrected chi connectivity index (χ2v) is 9.45. The van der Waals surface area contributed by atoms with E-state index >= 15 is 0 Å². The van der Waals surface area contributed by atoms with Crippen molar-refractivity contribution in [1.29, 1.82) is 0 Å². The van der Waals surface area contributed by atoms with Gasteiger partial charge in [-0.05, 0) is 67.1 Å². The Kier molecular flexibility index (Phi) is 6.25. The van der Waals surface area contributed by atoms with Gasteiger partial charge in [0.15, 0.2) is 6.61 Å². The van der Waals surface area contributed by atoms with E-state index in [9.17, 15) is 13.2 Å². The highest BCUT2D eigenvalue weighted by molar-refractivity contribution is 7.89. The molecular formula is C24H24N2O5S. The summed E-state index contributed by atoms with van der Waals surface area (Å²) in [6, 6.07) is 15.5. The molecule has 0 fully saturated rings. The molecule has 1 aromatic heterocycles. The van der Waals surface area contributed by atoms with Crippen LogP contribution >= 0.6 is 0 Å². The molecule has 1 aliphatic rings. The van der Waals surface area contributed by atoms with Gasteiger partial charge in [-0.2, -0.15) is 0 Å². The number of sulfonamides is 1. The van der Waals surface area contributed by atoms with Gasteiger partial charge >= 0.3 is 5.97 Å². The number of benzene rings is 2. The van der Waals surface area contributed by atoms with Gasteiger partial charge in [0.2, 0.25) is 10.0 Å². The summed E-state index contributed by atoms with van der Waals surface area (Å²) in [5.74, 6) is -0.564. The fraction of sp³-hybridized carbons (Fsp3) is 0.250. The predicted molar refractivity (Wildman–Crippen MR) is 120 cm³/mol. The van der Waals surface area contributed by atoms with Crippen molar-refractivity contribution < 1.29 is 23.1 Å². The third-order valence-electron chi connectivity index (χ3n) is 5.60. The Morgan fingerprint density at radius 1 is 1.16 bits per heavy atom. The minimum atomic E-state index is -3.75. The van der Waals surface area contributed by atoms with Crippen molar-refractivity contribution in [3.8, 4) is 16.9 Å². The molecule has 32 heavy (non-hydrogen) atoms. The average Bonchev–Trinajstić information content (AvgIpc) is 2.78. The van der Waals surface area contributed by atoms with Gasteiger partial charge in [0.25, 0.3) is 0 Å². The maximum atomic E-state index is 13.1. The highest BCUT2D eigenvalue weighted by Crippen LogP contribution is 2.36. The Morgan fingerprint density at radius 2 is 1.94 bits per heavy atom. The first kappa shape index (κ1) is 22.0. The van der Waals surface area contributed by atoms with Gasteiger partial charge in [0, 0.05) is 23.5 Å². The Bertz CT molecular complexity index is 1240. The Balaban J connectivity index is 1.57. The van der Waals surface area contributed by atoms with Gasteiger partial charge in [-0.25, -0.2) is 17.9 Å². The number of nitrogens with one attached hydrogen (secondary N) is 1. The predicted octanol–water partition coefficient (Wildman–Crippen LogP) is 3.88. The van der Waals surface area contributed by atoms with Crippen LogP contribution < -0.4 is 9.46 Å². The van der Waals surface area contributed by atoms with Crippen molar-refractivity contribution in [1.82, 2.24) is 9.71 Å². The average molecular weight is 453 g/mol. The standard InChI is InChI=1S/C24H24N2O5S/c1-16-19(7-4-14-25-16)17-10-12-18(13-11-17)32(29,30)26-22-8-2-6-21-20(22)5-3-9-23(21)31-15-24(27)28/h3-5,7,9-14,22,26H,2,6,8,15H2,1H3,(H,27,28). The molecule has 0 spiro atoms. The lowest BCUT2D eigenvalue weighted by molar-refractivity contribution is -0.139. The number of hydrogen-bond acceptors (Lipinski definition) is 5. The van der Waals surface area contributed by atoms with Crippen molar-refractivity contribution in [2.75, 3.05) is 6.61 Å². The quantitative estimate of drug-likeness (QED) is 0.564. The maximum absolute atomic E-state index is 13.1. The maximum Gasteiger partial charge on any atom is 0.341 e. The minimum absolute atomic E-state index is 0.188. The molecule has 3 aromatic rings. The highest BCUT2D eigenvalue weighted by Gasteiger charge is 2.27. The van der Waals surface area contributed by atoms with Crippen molar-refractivity contribution in [3.05, 3.63) is 77.6 Å². The van der Waals surface area contributed by atoms with Gasteiger partial charge in [-0.15, -0.1) is 0 Å². The number of pyridine rings is 1. The lowest BCUT2D eigenvalue weighted by atomic mass is 9.87. The highest BCUT2D eigenvalue weighted by atomic mass is 32.2. The van der Waals surface area contributed by atoms with Crippen molar-refractivity contribution in [3.63, 3.8) is 0 Å². The molecule has 166 valence electrons. The fourth-order valence-corrected chi connectivity index (χ4v) is 5.32. The molecule has 0 aliphatic heterocycles. The molecule has 1 aliphatic carbocycles.